The number of Topliss-reactive ketones (excluding diaryl/α,β-unsaturated/α-hetero) is 1. The summed E-state index contributed by atoms with van der Waals surface area (Å²) in [7, 11) is 1.61. The topological polar surface area (TPSA) is 26.3 Å². The minimum Gasteiger partial charge on any atom is -0.496 e. The Labute approximate surface area is 108 Å². The molecule has 0 aliphatic rings. The molecule has 0 aliphatic heterocycles. The minimum absolute atomic E-state index is 0.0961. The predicted octanol–water partition coefficient (Wildman–Crippen LogP) is 3.83. The van der Waals surface area contributed by atoms with Crippen molar-refractivity contribution in [2.45, 2.75) is 40.0 Å². The molecular formula is C14H19ClO2. The molecule has 0 saturated heterocycles. The Morgan fingerprint density at radius 3 is 2.29 bits per heavy atom. The van der Waals surface area contributed by atoms with E-state index >= 15 is 0 Å². The van der Waals surface area contributed by atoms with Crippen LogP contribution in [0.15, 0.2) is 6.07 Å². The summed E-state index contributed by atoms with van der Waals surface area (Å²) < 4.78 is 5.39. The second-order valence-corrected chi connectivity index (χ2v) is 5.27. The number of rotatable bonds is 3. The number of hydrogen-bond acceptors (Lipinski definition) is 2. The van der Waals surface area contributed by atoms with Crippen molar-refractivity contribution in [3.63, 3.8) is 0 Å². The molecule has 17 heavy (non-hydrogen) atoms. The molecule has 94 valence electrons. The van der Waals surface area contributed by atoms with E-state index in [4.69, 9.17) is 16.3 Å². The number of halogens is 1. The zero-order valence-corrected chi connectivity index (χ0v) is 12.0. The summed E-state index contributed by atoms with van der Waals surface area (Å²) in [5.41, 5.74) is 2.17. The molecule has 3 heteroatoms. The molecule has 0 N–H and O–H groups in total. The number of aryl methyl sites for hydroxylation is 1. The third kappa shape index (κ3) is 2.32. The zero-order valence-electron chi connectivity index (χ0n) is 11.3. The molecule has 0 aliphatic carbocycles. The van der Waals surface area contributed by atoms with Gasteiger partial charge in [0, 0.05) is 10.6 Å². The first-order valence-electron chi connectivity index (χ1n) is 5.58. The van der Waals surface area contributed by atoms with E-state index in [1.54, 1.807) is 14.0 Å². The van der Waals surface area contributed by atoms with Crippen LogP contribution in [-0.4, -0.2) is 12.9 Å². The summed E-state index contributed by atoms with van der Waals surface area (Å²) in [6.45, 7) is 9.24. The van der Waals surface area contributed by atoms with E-state index < -0.39 is 5.41 Å². The van der Waals surface area contributed by atoms with E-state index in [0.29, 0.717) is 5.02 Å². The molecule has 0 unspecified atom stereocenters. The number of methoxy groups -OCH3 is 1. The third-order valence-corrected chi connectivity index (χ3v) is 3.95. The van der Waals surface area contributed by atoms with E-state index in [1.807, 2.05) is 33.8 Å². The lowest BCUT2D eigenvalue weighted by atomic mass is 9.78. The Kier molecular flexibility index (Phi) is 3.88. The van der Waals surface area contributed by atoms with Gasteiger partial charge in [0.25, 0.3) is 0 Å². The summed E-state index contributed by atoms with van der Waals surface area (Å²) in [6.07, 6.45) is 0. The van der Waals surface area contributed by atoms with Crippen molar-refractivity contribution in [3.8, 4) is 5.75 Å². The summed E-state index contributed by atoms with van der Waals surface area (Å²) in [5, 5.41) is 0.704. The lowest BCUT2D eigenvalue weighted by Gasteiger charge is -2.27. The molecule has 1 aromatic rings. The number of carbonyl (C=O) groups excluding carboxylic acids is 1. The van der Waals surface area contributed by atoms with Crippen LogP contribution in [0.25, 0.3) is 0 Å². The quantitative estimate of drug-likeness (QED) is 0.819. The Morgan fingerprint density at radius 1 is 1.35 bits per heavy atom. The van der Waals surface area contributed by atoms with Gasteiger partial charge in [0.2, 0.25) is 0 Å². The predicted molar refractivity (Wildman–Crippen MR) is 71.2 cm³/mol. The molecular weight excluding hydrogens is 236 g/mol. The zero-order chi connectivity index (χ0) is 13.4. The Balaban J connectivity index is 3.63. The number of carbonyl (C=O) groups is 1. The molecule has 0 amide bonds. The number of benzene rings is 1. The second kappa shape index (κ2) is 4.69. The lowest BCUT2D eigenvalue weighted by molar-refractivity contribution is -0.121. The fraction of sp³-hybridized carbons (Fsp3) is 0.500. The van der Waals surface area contributed by atoms with Crippen molar-refractivity contribution in [1.82, 2.24) is 0 Å². The van der Waals surface area contributed by atoms with Crippen LogP contribution in [0.2, 0.25) is 5.02 Å². The van der Waals surface area contributed by atoms with E-state index in [-0.39, 0.29) is 5.78 Å². The van der Waals surface area contributed by atoms with Crippen LogP contribution >= 0.6 is 11.6 Å². The maximum atomic E-state index is 11.8. The largest absolute Gasteiger partial charge is 0.496 e. The average molecular weight is 255 g/mol. The molecule has 0 bridgehead atoms. The van der Waals surface area contributed by atoms with Crippen LogP contribution in [0.1, 0.15) is 37.5 Å². The third-order valence-electron chi connectivity index (χ3n) is 3.37. The Morgan fingerprint density at radius 2 is 1.88 bits per heavy atom. The molecule has 0 aromatic heterocycles. The van der Waals surface area contributed by atoms with Gasteiger partial charge >= 0.3 is 0 Å². The smallest absolute Gasteiger partial charge is 0.139 e. The van der Waals surface area contributed by atoms with Gasteiger partial charge in [-0.15, -0.1) is 0 Å². The first-order chi connectivity index (χ1) is 7.73. The summed E-state index contributed by atoms with van der Waals surface area (Å²) in [4.78, 5) is 11.8. The first kappa shape index (κ1) is 14.0. The van der Waals surface area contributed by atoms with Gasteiger partial charge in [-0.05, 0) is 51.8 Å². The van der Waals surface area contributed by atoms with Crippen LogP contribution < -0.4 is 4.74 Å². The van der Waals surface area contributed by atoms with E-state index in [0.717, 1.165) is 22.4 Å². The van der Waals surface area contributed by atoms with Crippen molar-refractivity contribution in [2.24, 2.45) is 0 Å². The van der Waals surface area contributed by atoms with E-state index in [2.05, 4.69) is 0 Å². The van der Waals surface area contributed by atoms with E-state index in [1.165, 1.54) is 0 Å². The van der Waals surface area contributed by atoms with Gasteiger partial charge in [-0.2, -0.15) is 0 Å². The fourth-order valence-corrected chi connectivity index (χ4v) is 2.19. The van der Waals surface area contributed by atoms with E-state index in [9.17, 15) is 4.79 Å². The van der Waals surface area contributed by atoms with Crippen LogP contribution in [0.4, 0.5) is 0 Å². The maximum Gasteiger partial charge on any atom is 0.139 e. The van der Waals surface area contributed by atoms with Crippen molar-refractivity contribution < 1.29 is 9.53 Å². The minimum atomic E-state index is -0.591. The van der Waals surface area contributed by atoms with Gasteiger partial charge in [0.05, 0.1) is 12.5 Å². The van der Waals surface area contributed by atoms with Gasteiger partial charge in [0.1, 0.15) is 11.5 Å². The van der Waals surface area contributed by atoms with Gasteiger partial charge in [-0.1, -0.05) is 11.6 Å². The monoisotopic (exact) mass is 254 g/mol. The first-order valence-corrected chi connectivity index (χ1v) is 5.96. The fourth-order valence-electron chi connectivity index (χ4n) is 2.04. The highest BCUT2D eigenvalue weighted by atomic mass is 35.5. The Bertz CT molecular complexity index is 462. The number of ether oxygens (including phenoxy) is 1. The van der Waals surface area contributed by atoms with Gasteiger partial charge in [0.15, 0.2) is 0 Å². The molecule has 1 aromatic carbocycles. The van der Waals surface area contributed by atoms with Gasteiger partial charge in [-0.3, -0.25) is 4.79 Å². The maximum absolute atomic E-state index is 11.8. The van der Waals surface area contributed by atoms with Gasteiger partial charge < -0.3 is 4.74 Å². The molecule has 1 rings (SSSR count). The molecule has 0 spiro atoms. The van der Waals surface area contributed by atoms with Crippen molar-refractivity contribution in [1.29, 1.82) is 0 Å². The number of ketones is 1. The summed E-state index contributed by atoms with van der Waals surface area (Å²) in [6, 6.07) is 1.88. The highest BCUT2D eigenvalue weighted by Gasteiger charge is 2.32. The highest BCUT2D eigenvalue weighted by Crippen LogP contribution is 2.39. The van der Waals surface area contributed by atoms with Gasteiger partial charge in [-0.25, -0.2) is 0 Å². The summed E-state index contributed by atoms with van der Waals surface area (Å²) >= 11 is 6.26. The summed E-state index contributed by atoms with van der Waals surface area (Å²) in [5.74, 6) is 0.823. The van der Waals surface area contributed by atoms with Crippen LogP contribution in [-0.2, 0) is 10.2 Å². The molecule has 2 nitrogen and oxygen atoms in total. The highest BCUT2D eigenvalue weighted by molar-refractivity contribution is 6.32. The second-order valence-electron chi connectivity index (χ2n) is 4.89. The van der Waals surface area contributed by atoms with Crippen molar-refractivity contribution in [2.75, 3.05) is 7.11 Å². The average Bonchev–Trinajstić information content (AvgIpc) is 2.24. The molecule has 0 radical (unpaired) electrons. The number of hydrogen-bond donors (Lipinski definition) is 0. The normalized spacial score (nSPS) is 11.5. The van der Waals surface area contributed by atoms with Crippen LogP contribution in [0, 0.1) is 13.8 Å². The SMILES string of the molecule is COc1cc(C)c(Cl)c(C)c1C(C)(C)C(C)=O. The molecule has 0 heterocycles. The standard InChI is InChI=1S/C14H19ClO2/c1-8-7-11(17-6)12(9(2)13(8)15)14(4,5)10(3)16/h7H,1-6H3. The van der Waals surface area contributed by atoms with Crippen LogP contribution in [0.5, 0.6) is 5.75 Å². The molecule has 0 saturated carbocycles. The molecule has 0 atom stereocenters. The van der Waals surface area contributed by atoms with Crippen LogP contribution in [0.3, 0.4) is 0 Å². The molecule has 0 fully saturated rings. The lowest BCUT2D eigenvalue weighted by Crippen LogP contribution is -2.28. The van der Waals surface area contributed by atoms with Crippen molar-refractivity contribution in [3.05, 3.63) is 27.8 Å². The van der Waals surface area contributed by atoms with Crippen molar-refractivity contribution >= 4 is 17.4 Å². The Hall–Kier alpha value is -1.02.